The molecule has 6 nitrogen and oxygen atoms in total. The Bertz CT molecular complexity index is 920. The van der Waals surface area contributed by atoms with Gasteiger partial charge in [-0.2, -0.15) is 0 Å². The van der Waals surface area contributed by atoms with E-state index in [1.807, 2.05) is 60.2 Å². The number of anilines is 1. The van der Waals surface area contributed by atoms with Crippen molar-refractivity contribution in [3.63, 3.8) is 0 Å². The number of likely N-dealkylation sites (tertiary alicyclic amines) is 1. The lowest BCUT2D eigenvalue weighted by Crippen LogP contribution is -2.46. The number of benzene rings is 1. The molecule has 1 saturated heterocycles. The van der Waals surface area contributed by atoms with Crippen LogP contribution in [0.1, 0.15) is 30.8 Å². The van der Waals surface area contributed by atoms with Gasteiger partial charge < -0.3 is 9.88 Å². The topological polar surface area (TPSA) is 63.1 Å². The minimum atomic E-state index is -0.119. The van der Waals surface area contributed by atoms with Crippen LogP contribution in [0.25, 0.3) is 5.69 Å². The van der Waals surface area contributed by atoms with Gasteiger partial charge in [-0.05, 0) is 62.7 Å². The Labute approximate surface area is 165 Å². The molecule has 4 rings (SSSR count). The molecule has 0 saturated carbocycles. The molecule has 1 aliphatic heterocycles. The predicted molar refractivity (Wildman–Crippen MR) is 109 cm³/mol. The lowest BCUT2D eigenvalue weighted by molar-refractivity contribution is -0.122. The largest absolute Gasteiger partial charge is 0.325 e. The van der Waals surface area contributed by atoms with Crippen LogP contribution in [-0.2, 0) is 11.3 Å². The van der Waals surface area contributed by atoms with Gasteiger partial charge in [0.15, 0.2) is 0 Å². The van der Waals surface area contributed by atoms with Gasteiger partial charge in [0, 0.05) is 36.5 Å². The van der Waals surface area contributed by atoms with Crippen LogP contribution >= 0.6 is 0 Å². The van der Waals surface area contributed by atoms with Gasteiger partial charge in [-0.25, -0.2) is 4.98 Å². The van der Waals surface area contributed by atoms with Crippen molar-refractivity contribution in [2.45, 2.75) is 38.8 Å². The van der Waals surface area contributed by atoms with Gasteiger partial charge in [0.05, 0.1) is 11.7 Å². The molecule has 2 aromatic heterocycles. The Balaban J connectivity index is 1.43. The maximum atomic E-state index is 12.9. The third kappa shape index (κ3) is 4.12. The zero-order chi connectivity index (χ0) is 19.3. The minimum absolute atomic E-state index is 0.0576. The molecule has 3 aromatic rings. The Hall–Kier alpha value is -2.99. The van der Waals surface area contributed by atoms with E-state index < -0.39 is 0 Å². The number of hydrogen-bond acceptors (Lipinski definition) is 4. The summed E-state index contributed by atoms with van der Waals surface area (Å²) in [5.41, 5.74) is 2.85. The average molecular weight is 375 g/mol. The molecular weight excluding hydrogens is 350 g/mol. The number of nitrogens with zero attached hydrogens (tertiary/aromatic N) is 4. The monoisotopic (exact) mass is 375 g/mol. The first-order chi connectivity index (χ1) is 13.7. The van der Waals surface area contributed by atoms with Crippen molar-refractivity contribution in [3.8, 4) is 5.69 Å². The molecule has 0 radical (unpaired) electrons. The molecule has 28 heavy (non-hydrogen) atoms. The van der Waals surface area contributed by atoms with Gasteiger partial charge in [0.2, 0.25) is 5.91 Å². The zero-order valence-electron chi connectivity index (χ0n) is 16.1. The van der Waals surface area contributed by atoms with Gasteiger partial charge in [-0.3, -0.25) is 14.7 Å². The molecule has 144 valence electrons. The summed E-state index contributed by atoms with van der Waals surface area (Å²) in [4.78, 5) is 23.8. The van der Waals surface area contributed by atoms with E-state index in [2.05, 4.69) is 20.2 Å². The highest BCUT2D eigenvalue weighted by Crippen LogP contribution is 2.21. The van der Waals surface area contributed by atoms with Crippen molar-refractivity contribution in [2.24, 2.45) is 0 Å². The molecule has 0 unspecified atom stereocenters. The van der Waals surface area contributed by atoms with Crippen LogP contribution in [0.4, 0.5) is 5.69 Å². The number of carbonyl (C=O) groups excluding carboxylic acids is 1. The molecule has 3 heterocycles. The Morgan fingerprint density at radius 3 is 2.68 bits per heavy atom. The van der Waals surface area contributed by atoms with Crippen molar-refractivity contribution in [2.75, 3.05) is 11.9 Å². The van der Waals surface area contributed by atoms with Crippen molar-refractivity contribution < 1.29 is 4.79 Å². The quantitative estimate of drug-likeness (QED) is 0.740. The Morgan fingerprint density at radius 2 is 1.96 bits per heavy atom. The van der Waals surface area contributed by atoms with E-state index in [0.717, 1.165) is 48.7 Å². The number of rotatable bonds is 5. The normalized spacial score (nSPS) is 17.4. The van der Waals surface area contributed by atoms with Crippen LogP contribution in [-0.4, -0.2) is 37.9 Å². The van der Waals surface area contributed by atoms with E-state index in [1.165, 1.54) is 0 Å². The highest BCUT2D eigenvalue weighted by atomic mass is 16.2. The van der Waals surface area contributed by atoms with Crippen LogP contribution in [0.2, 0.25) is 0 Å². The third-order valence-electron chi connectivity index (χ3n) is 5.25. The van der Waals surface area contributed by atoms with Crippen LogP contribution in [0.3, 0.4) is 0 Å². The van der Waals surface area contributed by atoms with Gasteiger partial charge in [-0.1, -0.05) is 12.5 Å². The zero-order valence-corrected chi connectivity index (χ0v) is 16.1. The fourth-order valence-electron chi connectivity index (χ4n) is 3.76. The van der Waals surface area contributed by atoms with Gasteiger partial charge in [0.25, 0.3) is 0 Å². The van der Waals surface area contributed by atoms with Gasteiger partial charge >= 0.3 is 0 Å². The third-order valence-corrected chi connectivity index (χ3v) is 5.25. The maximum absolute atomic E-state index is 12.9. The van der Waals surface area contributed by atoms with E-state index in [1.54, 1.807) is 12.4 Å². The summed E-state index contributed by atoms with van der Waals surface area (Å²) in [6.07, 6.45) is 8.60. The lowest BCUT2D eigenvalue weighted by Gasteiger charge is -2.34. The molecule has 1 aromatic carbocycles. The van der Waals surface area contributed by atoms with E-state index >= 15 is 0 Å². The highest BCUT2D eigenvalue weighted by molar-refractivity contribution is 5.95. The molecule has 1 N–H and O–H groups in total. The van der Waals surface area contributed by atoms with Gasteiger partial charge in [0.1, 0.15) is 5.82 Å². The van der Waals surface area contributed by atoms with Crippen molar-refractivity contribution >= 4 is 11.6 Å². The number of amides is 1. The number of hydrogen-bond donors (Lipinski definition) is 1. The summed E-state index contributed by atoms with van der Waals surface area (Å²) in [5, 5.41) is 3.09. The number of nitrogens with one attached hydrogen (secondary N) is 1. The van der Waals surface area contributed by atoms with Crippen LogP contribution in [0.15, 0.2) is 61.1 Å². The molecule has 0 aliphatic carbocycles. The summed E-state index contributed by atoms with van der Waals surface area (Å²) >= 11 is 0. The summed E-state index contributed by atoms with van der Waals surface area (Å²) in [6.45, 7) is 3.60. The second-order valence-electron chi connectivity index (χ2n) is 7.18. The highest BCUT2D eigenvalue weighted by Gasteiger charge is 2.28. The molecule has 0 bridgehead atoms. The molecule has 1 aliphatic rings. The van der Waals surface area contributed by atoms with E-state index in [0.29, 0.717) is 6.54 Å². The second-order valence-corrected chi connectivity index (χ2v) is 7.18. The molecule has 0 spiro atoms. The first-order valence-electron chi connectivity index (χ1n) is 9.76. The standard InChI is InChI=1S/C22H25N5O/c1-17-23-13-15-27(17)20-10-8-18(9-11-20)25-22(28)21-7-3-5-14-26(21)16-19-6-2-4-12-24-19/h2,4,6,8-13,15,21H,3,5,7,14,16H2,1H3,(H,25,28)/t21-/m1/s1. The summed E-state index contributed by atoms with van der Waals surface area (Å²) in [5.74, 6) is 0.992. The SMILES string of the molecule is Cc1nccn1-c1ccc(NC(=O)[C@H]2CCCCN2Cc2ccccn2)cc1. The fraction of sp³-hybridized carbons (Fsp3) is 0.318. The molecule has 1 amide bonds. The molecule has 6 heteroatoms. The molecule has 1 fully saturated rings. The van der Waals surface area contributed by atoms with E-state index in [-0.39, 0.29) is 11.9 Å². The van der Waals surface area contributed by atoms with Crippen LogP contribution in [0.5, 0.6) is 0 Å². The number of imidazole rings is 1. The van der Waals surface area contributed by atoms with Gasteiger partial charge in [-0.15, -0.1) is 0 Å². The smallest absolute Gasteiger partial charge is 0.241 e. The first-order valence-corrected chi connectivity index (χ1v) is 9.76. The number of pyridine rings is 1. The minimum Gasteiger partial charge on any atom is -0.325 e. The van der Waals surface area contributed by atoms with Crippen LogP contribution in [0, 0.1) is 6.92 Å². The lowest BCUT2D eigenvalue weighted by atomic mass is 10.0. The Morgan fingerprint density at radius 1 is 1.11 bits per heavy atom. The number of carbonyl (C=O) groups is 1. The number of aromatic nitrogens is 3. The maximum Gasteiger partial charge on any atom is 0.241 e. The average Bonchev–Trinajstić information content (AvgIpc) is 3.16. The summed E-state index contributed by atoms with van der Waals surface area (Å²) in [6, 6.07) is 13.7. The van der Waals surface area contributed by atoms with Crippen LogP contribution < -0.4 is 5.32 Å². The summed E-state index contributed by atoms with van der Waals surface area (Å²) < 4.78 is 2.02. The van der Waals surface area contributed by atoms with Crippen molar-refractivity contribution in [1.29, 1.82) is 0 Å². The Kier molecular flexibility index (Phi) is 5.48. The van der Waals surface area contributed by atoms with Crippen molar-refractivity contribution in [1.82, 2.24) is 19.4 Å². The molecular formula is C22H25N5O. The molecule has 1 atom stereocenters. The van der Waals surface area contributed by atoms with E-state index in [4.69, 9.17) is 0 Å². The summed E-state index contributed by atoms with van der Waals surface area (Å²) in [7, 11) is 0. The fourth-order valence-corrected chi connectivity index (χ4v) is 3.76. The number of aryl methyl sites for hydroxylation is 1. The first kappa shape index (κ1) is 18.4. The van der Waals surface area contributed by atoms with E-state index in [9.17, 15) is 4.79 Å². The van der Waals surface area contributed by atoms with Crippen molar-refractivity contribution in [3.05, 3.63) is 72.6 Å². The number of piperidine rings is 1. The predicted octanol–water partition coefficient (Wildman–Crippen LogP) is 3.57. The second kappa shape index (κ2) is 8.35.